The molecular formula is C17H28O. The van der Waals surface area contributed by atoms with Crippen molar-refractivity contribution in [2.45, 2.75) is 72.1 Å². The van der Waals surface area contributed by atoms with Gasteiger partial charge in [-0.1, -0.05) is 46.1 Å². The molecule has 102 valence electrons. The van der Waals surface area contributed by atoms with Crippen molar-refractivity contribution in [2.24, 2.45) is 0 Å². The minimum Gasteiger partial charge on any atom is -0.508 e. The zero-order chi connectivity index (χ0) is 13.4. The van der Waals surface area contributed by atoms with Crippen molar-refractivity contribution < 1.29 is 5.11 Å². The number of hydrogen-bond donors (Lipinski definition) is 1. The van der Waals surface area contributed by atoms with Crippen LogP contribution in [0.15, 0.2) is 12.1 Å². The molecule has 0 saturated carbocycles. The van der Waals surface area contributed by atoms with E-state index in [0.29, 0.717) is 5.75 Å². The Morgan fingerprint density at radius 3 is 2.06 bits per heavy atom. The molecule has 0 aliphatic carbocycles. The summed E-state index contributed by atoms with van der Waals surface area (Å²) in [6.07, 6.45) is 9.31. The van der Waals surface area contributed by atoms with Gasteiger partial charge in [0, 0.05) is 0 Å². The minimum atomic E-state index is 0.503. The Hall–Kier alpha value is -0.980. The van der Waals surface area contributed by atoms with Crippen LogP contribution in [0.3, 0.4) is 0 Å². The van der Waals surface area contributed by atoms with E-state index in [0.717, 1.165) is 25.7 Å². The first kappa shape index (κ1) is 15.1. The van der Waals surface area contributed by atoms with Crippen LogP contribution in [-0.4, -0.2) is 5.11 Å². The summed E-state index contributed by atoms with van der Waals surface area (Å²) in [5, 5.41) is 10.1. The Bertz CT molecular complexity index is 355. The Kier molecular flexibility index (Phi) is 6.85. The van der Waals surface area contributed by atoms with E-state index in [9.17, 15) is 5.11 Å². The van der Waals surface area contributed by atoms with Crippen molar-refractivity contribution in [2.75, 3.05) is 0 Å². The Balaban J connectivity index is 3.03. The van der Waals surface area contributed by atoms with Crippen LogP contribution >= 0.6 is 0 Å². The zero-order valence-electron chi connectivity index (χ0n) is 12.3. The first-order valence-corrected chi connectivity index (χ1v) is 7.57. The summed E-state index contributed by atoms with van der Waals surface area (Å²) in [5.41, 5.74) is 4.11. The third kappa shape index (κ3) is 4.04. The zero-order valence-corrected chi connectivity index (χ0v) is 12.3. The molecule has 0 fully saturated rings. The molecule has 0 amide bonds. The van der Waals surface area contributed by atoms with E-state index in [4.69, 9.17) is 0 Å². The molecule has 1 aromatic carbocycles. The van der Waals surface area contributed by atoms with Crippen LogP contribution in [0.5, 0.6) is 5.75 Å². The molecule has 0 bridgehead atoms. The van der Waals surface area contributed by atoms with Crippen molar-refractivity contribution in [3.05, 3.63) is 28.8 Å². The van der Waals surface area contributed by atoms with Crippen molar-refractivity contribution in [1.82, 2.24) is 0 Å². The normalized spacial score (nSPS) is 10.8. The number of aromatic hydroxyl groups is 1. The Morgan fingerprint density at radius 1 is 0.778 bits per heavy atom. The van der Waals surface area contributed by atoms with Gasteiger partial charge in [0.05, 0.1) is 0 Å². The SMILES string of the molecule is CCCCc1ccc(O)c(CCC)c1CCCC. The first-order chi connectivity index (χ1) is 8.74. The lowest BCUT2D eigenvalue weighted by atomic mass is 9.91. The smallest absolute Gasteiger partial charge is 0.119 e. The molecule has 0 saturated heterocycles. The van der Waals surface area contributed by atoms with Crippen LogP contribution < -0.4 is 0 Å². The lowest BCUT2D eigenvalue weighted by molar-refractivity contribution is 0.465. The number of aryl methyl sites for hydroxylation is 1. The van der Waals surface area contributed by atoms with Crippen LogP contribution in [0.25, 0.3) is 0 Å². The highest BCUT2D eigenvalue weighted by atomic mass is 16.3. The fourth-order valence-electron chi connectivity index (χ4n) is 2.52. The highest BCUT2D eigenvalue weighted by Gasteiger charge is 2.11. The standard InChI is InChI=1S/C17H28O/c1-4-7-10-14-12-13-17(18)16(9-6-3)15(14)11-8-5-2/h12-13,18H,4-11H2,1-3H3. The van der Waals surface area contributed by atoms with Gasteiger partial charge in [-0.15, -0.1) is 0 Å². The van der Waals surface area contributed by atoms with Crippen LogP contribution in [0, 0.1) is 0 Å². The topological polar surface area (TPSA) is 20.2 Å². The number of phenols is 1. The van der Waals surface area contributed by atoms with Gasteiger partial charge >= 0.3 is 0 Å². The Labute approximate surface area is 112 Å². The molecule has 1 N–H and O–H groups in total. The molecule has 1 nitrogen and oxygen atoms in total. The van der Waals surface area contributed by atoms with E-state index in [1.165, 1.54) is 42.4 Å². The van der Waals surface area contributed by atoms with Gasteiger partial charge in [-0.2, -0.15) is 0 Å². The third-order valence-electron chi connectivity index (χ3n) is 3.58. The van der Waals surface area contributed by atoms with Crippen LogP contribution in [0.2, 0.25) is 0 Å². The molecule has 0 aromatic heterocycles. The second-order valence-corrected chi connectivity index (χ2v) is 5.16. The molecule has 1 heteroatoms. The summed E-state index contributed by atoms with van der Waals surface area (Å²) < 4.78 is 0. The summed E-state index contributed by atoms with van der Waals surface area (Å²) in [7, 11) is 0. The maximum absolute atomic E-state index is 10.1. The van der Waals surface area contributed by atoms with Gasteiger partial charge in [-0.25, -0.2) is 0 Å². The molecule has 1 aromatic rings. The van der Waals surface area contributed by atoms with E-state index in [2.05, 4.69) is 26.8 Å². The maximum Gasteiger partial charge on any atom is 0.119 e. The van der Waals surface area contributed by atoms with E-state index in [-0.39, 0.29) is 0 Å². The lowest BCUT2D eigenvalue weighted by Gasteiger charge is -2.16. The highest BCUT2D eigenvalue weighted by molar-refractivity contribution is 5.45. The van der Waals surface area contributed by atoms with Crippen LogP contribution in [0.1, 0.15) is 69.6 Å². The number of phenolic OH excluding ortho intramolecular Hbond substituents is 1. The van der Waals surface area contributed by atoms with Crippen molar-refractivity contribution in [3.63, 3.8) is 0 Å². The van der Waals surface area contributed by atoms with E-state index in [1.54, 1.807) is 0 Å². The van der Waals surface area contributed by atoms with Gasteiger partial charge in [0.1, 0.15) is 5.75 Å². The monoisotopic (exact) mass is 248 g/mol. The van der Waals surface area contributed by atoms with Crippen molar-refractivity contribution >= 4 is 0 Å². The Morgan fingerprint density at radius 2 is 1.44 bits per heavy atom. The molecule has 18 heavy (non-hydrogen) atoms. The fraction of sp³-hybridized carbons (Fsp3) is 0.647. The largest absolute Gasteiger partial charge is 0.508 e. The highest BCUT2D eigenvalue weighted by Crippen LogP contribution is 2.28. The molecule has 0 unspecified atom stereocenters. The summed E-state index contributed by atoms with van der Waals surface area (Å²) in [5.74, 6) is 0.503. The molecular weight excluding hydrogens is 220 g/mol. The van der Waals surface area contributed by atoms with Gasteiger partial charge in [0.2, 0.25) is 0 Å². The minimum absolute atomic E-state index is 0.503. The molecule has 0 heterocycles. The van der Waals surface area contributed by atoms with Crippen LogP contribution in [0.4, 0.5) is 0 Å². The van der Waals surface area contributed by atoms with Gasteiger partial charge in [0.25, 0.3) is 0 Å². The van der Waals surface area contributed by atoms with Crippen molar-refractivity contribution in [1.29, 1.82) is 0 Å². The number of benzene rings is 1. The molecule has 0 atom stereocenters. The predicted octanol–water partition coefficient (Wildman–Crippen LogP) is 5.03. The number of hydrogen-bond acceptors (Lipinski definition) is 1. The summed E-state index contributed by atoms with van der Waals surface area (Å²) in [6.45, 7) is 6.65. The average Bonchev–Trinajstić information content (AvgIpc) is 2.38. The second-order valence-electron chi connectivity index (χ2n) is 5.16. The van der Waals surface area contributed by atoms with E-state index in [1.807, 2.05) is 6.07 Å². The van der Waals surface area contributed by atoms with Crippen LogP contribution in [-0.2, 0) is 19.3 Å². The first-order valence-electron chi connectivity index (χ1n) is 7.57. The molecule has 1 rings (SSSR count). The third-order valence-corrected chi connectivity index (χ3v) is 3.58. The quantitative estimate of drug-likeness (QED) is 0.684. The molecule has 0 aliphatic heterocycles. The number of unbranched alkanes of at least 4 members (excludes halogenated alkanes) is 2. The molecule has 0 aliphatic rings. The summed E-state index contributed by atoms with van der Waals surface area (Å²) in [4.78, 5) is 0. The van der Waals surface area contributed by atoms with Gasteiger partial charge < -0.3 is 5.11 Å². The van der Waals surface area contributed by atoms with E-state index >= 15 is 0 Å². The predicted molar refractivity (Wildman–Crippen MR) is 79.3 cm³/mol. The molecule has 0 radical (unpaired) electrons. The second kappa shape index (κ2) is 8.18. The molecule has 0 spiro atoms. The van der Waals surface area contributed by atoms with Gasteiger partial charge in [-0.3, -0.25) is 0 Å². The maximum atomic E-state index is 10.1. The average molecular weight is 248 g/mol. The van der Waals surface area contributed by atoms with Gasteiger partial charge in [-0.05, 0) is 54.9 Å². The summed E-state index contributed by atoms with van der Waals surface area (Å²) >= 11 is 0. The van der Waals surface area contributed by atoms with E-state index < -0.39 is 0 Å². The number of rotatable bonds is 8. The van der Waals surface area contributed by atoms with Gasteiger partial charge in [0.15, 0.2) is 0 Å². The van der Waals surface area contributed by atoms with Crippen molar-refractivity contribution in [3.8, 4) is 5.75 Å². The lowest BCUT2D eigenvalue weighted by Crippen LogP contribution is -2.01. The fourth-order valence-corrected chi connectivity index (χ4v) is 2.52. The summed E-state index contributed by atoms with van der Waals surface area (Å²) in [6, 6.07) is 4.03.